The van der Waals surface area contributed by atoms with Crippen molar-refractivity contribution in [2.24, 2.45) is 0 Å². The molecule has 2 aromatic heterocycles. The minimum Gasteiger partial charge on any atom is -0.507 e. The summed E-state index contributed by atoms with van der Waals surface area (Å²) in [6.45, 7) is 0. The summed E-state index contributed by atoms with van der Waals surface area (Å²) < 4.78 is 16.9. The molecule has 5 aromatic rings. The maximum atomic E-state index is 13.4. The minimum absolute atomic E-state index is 0.0365. The van der Waals surface area contributed by atoms with Crippen molar-refractivity contribution < 1.29 is 23.5 Å². The Morgan fingerprint density at radius 3 is 2.44 bits per heavy atom. The van der Waals surface area contributed by atoms with Crippen LogP contribution < -0.4 is 15.6 Å². The number of esters is 1. The molecule has 1 atom stereocenters. The number of carbonyl (C=O) groups is 1. The number of aromatic hydroxyl groups is 1. The van der Waals surface area contributed by atoms with E-state index in [0.29, 0.717) is 22.1 Å². The molecule has 166 valence electrons. The topological polar surface area (TPSA) is 107 Å². The van der Waals surface area contributed by atoms with Crippen LogP contribution in [0.2, 0.25) is 0 Å². The minimum atomic E-state index is -0.786. The van der Waals surface area contributed by atoms with E-state index in [1.165, 1.54) is 18.6 Å². The van der Waals surface area contributed by atoms with Crippen LogP contribution in [0.3, 0.4) is 0 Å². The van der Waals surface area contributed by atoms with Gasteiger partial charge in [-0.3, -0.25) is 14.4 Å². The van der Waals surface area contributed by atoms with Crippen LogP contribution in [-0.2, 0) is 4.79 Å². The monoisotopic (exact) mass is 452 g/mol. The maximum absolute atomic E-state index is 13.4. The van der Waals surface area contributed by atoms with E-state index >= 15 is 0 Å². The summed E-state index contributed by atoms with van der Waals surface area (Å²) in [5, 5.41) is 11.0. The number of hydrogen-bond donors (Lipinski definition) is 1. The molecule has 0 fully saturated rings. The Morgan fingerprint density at radius 1 is 0.853 bits per heavy atom. The van der Waals surface area contributed by atoms with Crippen LogP contribution in [0.15, 0.2) is 91.6 Å². The molecule has 1 N–H and O–H groups in total. The van der Waals surface area contributed by atoms with E-state index in [2.05, 4.69) is 0 Å². The molecular weight excluding hydrogens is 436 g/mol. The molecule has 7 nitrogen and oxygen atoms in total. The fraction of sp³-hybridized carbons (Fsp3) is 0.0741. The smallest absolute Gasteiger partial charge is 0.312 e. The van der Waals surface area contributed by atoms with E-state index in [0.717, 1.165) is 0 Å². The lowest BCUT2D eigenvalue weighted by molar-refractivity contribution is -0.135. The van der Waals surface area contributed by atoms with Crippen LogP contribution in [0.25, 0.3) is 33.1 Å². The molecule has 0 saturated heterocycles. The average Bonchev–Trinajstić information content (AvgIpc) is 2.84. The largest absolute Gasteiger partial charge is 0.507 e. The van der Waals surface area contributed by atoms with Gasteiger partial charge >= 0.3 is 5.97 Å². The zero-order chi connectivity index (χ0) is 23.4. The van der Waals surface area contributed by atoms with Gasteiger partial charge in [-0.2, -0.15) is 0 Å². The molecule has 34 heavy (non-hydrogen) atoms. The third kappa shape index (κ3) is 2.94. The van der Waals surface area contributed by atoms with Crippen molar-refractivity contribution in [3.05, 3.63) is 105 Å². The quantitative estimate of drug-likeness (QED) is 0.305. The third-order valence-corrected chi connectivity index (χ3v) is 6.14. The molecule has 0 radical (unpaired) electrons. The van der Waals surface area contributed by atoms with Gasteiger partial charge in [0.25, 0.3) is 0 Å². The highest BCUT2D eigenvalue weighted by Crippen LogP contribution is 2.45. The van der Waals surface area contributed by atoms with Crippen LogP contribution in [0.4, 0.5) is 0 Å². The Hall–Kier alpha value is -4.65. The molecular formula is C27H16O7. The number of hydrogen-bond acceptors (Lipinski definition) is 7. The highest BCUT2D eigenvalue weighted by Gasteiger charge is 2.35. The van der Waals surface area contributed by atoms with Crippen molar-refractivity contribution >= 4 is 27.9 Å². The normalized spacial score (nSPS) is 15.3. The Balaban J connectivity index is 1.64. The van der Waals surface area contributed by atoms with Crippen LogP contribution in [0, 0.1) is 0 Å². The van der Waals surface area contributed by atoms with Crippen molar-refractivity contribution in [2.45, 2.75) is 12.3 Å². The van der Waals surface area contributed by atoms with Crippen molar-refractivity contribution in [1.29, 1.82) is 0 Å². The number of carbonyl (C=O) groups excluding carboxylic acids is 1. The molecule has 7 heteroatoms. The molecule has 0 amide bonds. The highest BCUT2D eigenvalue weighted by atomic mass is 16.5. The van der Waals surface area contributed by atoms with E-state index in [-0.39, 0.29) is 45.4 Å². The molecule has 0 spiro atoms. The molecule has 0 saturated carbocycles. The Morgan fingerprint density at radius 2 is 1.62 bits per heavy atom. The van der Waals surface area contributed by atoms with Gasteiger partial charge in [-0.15, -0.1) is 0 Å². The van der Waals surface area contributed by atoms with Gasteiger partial charge in [0.05, 0.1) is 23.6 Å². The van der Waals surface area contributed by atoms with Gasteiger partial charge < -0.3 is 18.7 Å². The first kappa shape index (κ1) is 20.0. The second kappa shape index (κ2) is 7.45. The number of phenols is 1. The highest BCUT2D eigenvalue weighted by molar-refractivity contribution is 5.94. The molecule has 1 aliphatic rings. The fourth-order valence-electron chi connectivity index (χ4n) is 4.55. The third-order valence-electron chi connectivity index (χ3n) is 6.14. The molecule has 0 aliphatic carbocycles. The first-order valence-corrected chi connectivity index (χ1v) is 10.6. The van der Waals surface area contributed by atoms with E-state index in [1.54, 1.807) is 48.5 Å². The Labute approximate surface area is 191 Å². The number of fused-ring (bicyclic) bond motifs is 4. The summed E-state index contributed by atoms with van der Waals surface area (Å²) in [6, 6.07) is 17.0. The predicted octanol–water partition coefficient (Wildman–Crippen LogP) is 4.71. The van der Waals surface area contributed by atoms with Crippen LogP contribution >= 0.6 is 0 Å². The zero-order valence-electron chi connectivity index (χ0n) is 17.6. The molecule has 6 rings (SSSR count). The van der Waals surface area contributed by atoms with Crippen molar-refractivity contribution in [3.8, 4) is 22.6 Å². The van der Waals surface area contributed by atoms with Crippen molar-refractivity contribution in [3.63, 3.8) is 0 Å². The molecule has 0 unspecified atom stereocenters. The molecule has 3 aromatic carbocycles. The van der Waals surface area contributed by atoms with Crippen molar-refractivity contribution in [2.75, 3.05) is 0 Å². The van der Waals surface area contributed by atoms with Crippen molar-refractivity contribution in [1.82, 2.24) is 0 Å². The average molecular weight is 452 g/mol. The van der Waals surface area contributed by atoms with Crippen LogP contribution in [0.5, 0.6) is 11.5 Å². The van der Waals surface area contributed by atoms with E-state index in [1.807, 2.05) is 6.07 Å². The number of ether oxygens (including phenoxy) is 1. The maximum Gasteiger partial charge on any atom is 0.312 e. The number of rotatable bonds is 2. The number of para-hydroxylation sites is 1. The lowest BCUT2D eigenvalue weighted by Gasteiger charge is -2.25. The lowest BCUT2D eigenvalue weighted by atomic mass is 9.85. The summed E-state index contributed by atoms with van der Waals surface area (Å²) in [4.78, 5) is 39.1. The summed E-state index contributed by atoms with van der Waals surface area (Å²) in [5.74, 6) is -1.70. The Kier molecular flexibility index (Phi) is 4.38. The zero-order valence-corrected chi connectivity index (χ0v) is 17.6. The molecule has 3 heterocycles. The first-order chi connectivity index (χ1) is 16.5. The summed E-state index contributed by atoms with van der Waals surface area (Å²) in [6.07, 6.45) is 2.49. The van der Waals surface area contributed by atoms with E-state index < -0.39 is 17.3 Å². The van der Waals surface area contributed by atoms with Gasteiger partial charge in [-0.05, 0) is 17.7 Å². The van der Waals surface area contributed by atoms with E-state index in [4.69, 9.17) is 13.6 Å². The summed E-state index contributed by atoms with van der Waals surface area (Å²) in [5.41, 5.74) is 1.23. The van der Waals surface area contributed by atoms with Gasteiger partial charge in [-0.25, -0.2) is 0 Å². The lowest BCUT2D eigenvalue weighted by Crippen LogP contribution is -2.25. The van der Waals surface area contributed by atoms with Gasteiger partial charge in [-0.1, -0.05) is 42.5 Å². The van der Waals surface area contributed by atoms with Gasteiger partial charge in [0.2, 0.25) is 5.43 Å². The van der Waals surface area contributed by atoms with Gasteiger partial charge in [0.1, 0.15) is 34.3 Å². The second-order valence-electron chi connectivity index (χ2n) is 8.10. The van der Waals surface area contributed by atoms with Gasteiger partial charge in [0.15, 0.2) is 5.43 Å². The Bertz CT molecular complexity index is 1730. The molecule has 0 bridgehead atoms. The second-order valence-corrected chi connectivity index (χ2v) is 8.10. The summed E-state index contributed by atoms with van der Waals surface area (Å²) >= 11 is 0. The van der Waals surface area contributed by atoms with Gasteiger partial charge in [0, 0.05) is 23.1 Å². The predicted molar refractivity (Wildman–Crippen MR) is 124 cm³/mol. The summed E-state index contributed by atoms with van der Waals surface area (Å²) in [7, 11) is 0. The van der Waals surface area contributed by atoms with Crippen LogP contribution in [-0.4, -0.2) is 11.1 Å². The number of benzene rings is 3. The SMILES string of the molecule is O=C1C[C@H](c2coc3ccccc3c2=O)c2c(cc(O)c3c(=O)c(-c4ccccc4)coc23)O1. The standard InChI is InChI=1S/C27H16O7/c28-19-11-21-23(27-24(19)26(31)17(12-33-27)14-6-2-1-3-7-14)16(10-22(29)34-21)18-13-32-20-9-5-4-8-15(20)25(18)30/h1-9,11-13,16,28H,10H2/t16-/m1/s1. The van der Waals surface area contributed by atoms with E-state index in [9.17, 15) is 19.5 Å². The first-order valence-electron chi connectivity index (χ1n) is 10.6. The molecule has 1 aliphatic heterocycles. The fourth-order valence-corrected chi connectivity index (χ4v) is 4.55. The number of phenolic OH excluding ortho intramolecular Hbond substituents is 1. The van der Waals surface area contributed by atoms with Crippen LogP contribution in [0.1, 0.15) is 23.5 Å².